The summed E-state index contributed by atoms with van der Waals surface area (Å²) in [5, 5.41) is 24.9. The molecule has 2 heterocycles. The minimum Gasteiger partial charge on any atom is -0.543 e. The molecule has 2 aromatic rings. The predicted octanol–water partition coefficient (Wildman–Crippen LogP) is -0.116. The molecule has 0 fully saturated rings. The molecule has 20 heavy (non-hydrogen) atoms. The summed E-state index contributed by atoms with van der Waals surface area (Å²) in [4.78, 5) is 11.0. The summed E-state index contributed by atoms with van der Waals surface area (Å²) in [6.07, 6.45) is 2.49. The molecule has 0 unspecified atom stereocenters. The highest BCUT2D eigenvalue weighted by molar-refractivity contribution is 5.88. The number of anilines is 1. The minimum absolute atomic E-state index is 0.0307. The Morgan fingerprint density at radius 3 is 2.80 bits per heavy atom. The second-order valence-electron chi connectivity index (χ2n) is 4.48. The van der Waals surface area contributed by atoms with Crippen LogP contribution in [0.15, 0.2) is 36.0 Å². The molecule has 1 aromatic carbocycles. The normalized spacial score (nSPS) is 17.1. The van der Waals surface area contributed by atoms with Gasteiger partial charge in [0.15, 0.2) is 0 Å². The molecule has 1 aliphatic rings. The van der Waals surface area contributed by atoms with Crippen LogP contribution in [0.4, 0.5) is 5.95 Å². The van der Waals surface area contributed by atoms with E-state index in [0.29, 0.717) is 0 Å². The number of carboxylic acid groups (broad SMARTS) is 1. The molecule has 0 saturated carbocycles. The van der Waals surface area contributed by atoms with Gasteiger partial charge in [-0.15, -0.1) is 0 Å². The Morgan fingerprint density at radius 2 is 2.15 bits per heavy atom. The molecule has 1 atom stereocenters. The van der Waals surface area contributed by atoms with E-state index in [9.17, 15) is 9.90 Å². The van der Waals surface area contributed by atoms with Gasteiger partial charge in [0.25, 0.3) is 0 Å². The maximum absolute atomic E-state index is 11.0. The van der Waals surface area contributed by atoms with Crippen LogP contribution in [-0.2, 0) is 11.2 Å². The van der Waals surface area contributed by atoms with Gasteiger partial charge in [0.05, 0.1) is 11.7 Å². The van der Waals surface area contributed by atoms with Crippen molar-refractivity contribution in [3.8, 4) is 0 Å². The third-order valence-corrected chi connectivity index (χ3v) is 3.28. The number of allylic oxidation sites excluding steroid dienone is 1. The first-order valence-corrected chi connectivity index (χ1v) is 6.26. The SMILES string of the molecule is CCc1ccc([C@@H]2C=C(C(=O)[O-])Nc3nnnn32)cc1. The Kier molecular flexibility index (Phi) is 2.94. The number of hydrogen-bond acceptors (Lipinski definition) is 6. The van der Waals surface area contributed by atoms with E-state index >= 15 is 0 Å². The van der Waals surface area contributed by atoms with Crippen molar-refractivity contribution >= 4 is 11.9 Å². The van der Waals surface area contributed by atoms with Crippen molar-refractivity contribution in [3.63, 3.8) is 0 Å². The molecule has 0 saturated heterocycles. The Bertz CT molecular complexity index is 674. The monoisotopic (exact) mass is 270 g/mol. The van der Waals surface area contributed by atoms with Gasteiger partial charge >= 0.3 is 0 Å². The molecule has 1 aromatic heterocycles. The summed E-state index contributed by atoms with van der Waals surface area (Å²) in [6, 6.07) is 7.55. The Labute approximate surface area is 114 Å². The number of aryl methyl sites for hydroxylation is 1. The number of benzene rings is 1. The maximum Gasteiger partial charge on any atom is 0.248 e. The molecule has 0 bridgehead atoms. The number of carboxylic acids is 1. The van der Waals surface area contributed by atoms with E-state index < -0.39 is 5.97 Å². The molecule has 7 heteroatoms. The molecule has 3 rings (SSSR count). The van der Waals surface area contributed by atoms with Crippen LogP contribution >= 0.6 is 0 Å². The van der Waals surface area contributed by atoms with E-state index in [2.05, 4.69) is 27.8 Å². The number of carbonyl (C=O) groups is 1. The summed E-state index contributed by atoms with van der Waals surface area (Å²) >= 11 is 0. The number of tetrazole rings is 1. The van der Waals surface area contributed by atoms with Gasteiger partial charge in [0.2, 0.25) is 5.95 Å². The van der Waals surface area contributed by atoms with Crippen LogP contribution in [0.2, 0.25) is 0 Å². The standard InChI is InChI=1S/C13H13N5O2/c1-2-8-3-5-9(6-4-8)11-7-10(12(19)20)14-13-15-16-17-18(11)13/h3-7,11H,2H2,1H3,(H,19,20)(H,14,15,17)/p-1/t11-/m0/s1. The van der Waals surface area contributed by atoms with Crippen molar-refractivity contribution in [3.05, 3.63) is 47.2 Å². The first kappa shape index (κ1) is 12.3. The van der Waals surface area contributed by atoms with Crippen LogP contribution in [-0.4, -0.2) is 26.2 Å². The molecule has 1 aliphatic heterocycles. The highest BCUT2D eigenvalue weighted by Gasteiger charge is 2.23. The largest absolute Gasteiger partial charge is 0.543 e. The molecule has 0 amide bonds. The van der Waals surface area contributed by atoms with E-state index in [1.165, 1.54) is 10.2 Å². The summed E-state index contributed by atoms with van der Waals surface area (Å²) in [5.74, 6) is -0.995. The zero-order chi connectivity index (χ0) is 14.1. The fourth-order valence-electron chi connectivity index (χ4n) is 2.16. The molecule has 7 nitrogen and oxygen atoms in total. The van der Waals surface area contributed by atoms with E-state index in [1.807, 2.05) is 24.3 Å². The van der Waals surface area contributed by atoms with Crippen molar-refractivity contribution in [1.82, 2.24) is 20.2 Å². The van der Waals surface area contributed by atoms with Crippen LogP contribution in [0, 0.1) is 0 Å². The lowest BCUT2D eigenvalue weighted by molar-refractivity contribution is -0.299. The Morgan fingerprint density at radius 1 is 1.40 bits per heavy atom. The van der Waals surface area contributed by atoms with E-state index in [0.717, 1.165) is 12.0 Å². The lowest BCUT2D eigenvalue weighted by Crippen LogP contribution is -2.32. The second-order valence-corrected chi connectivity index (χ2v) is 4.48. The molecule has 0 radical (unpaired) electrons. The van der Waals surface area contributed by atoms with Crippen LogP contribution in [0.25, 0.3) is 0 Å². The van der Waals surface area contributed by atoms with Gasteiger partial charge in [0, 0.05) is 0 Å². The first-order valence-electron chi connectivity index (χ1n) is 6.26. The molecular formula is C13H12N5O2-. The summed E-state index contributed by atoms with van der Waals surface area (Å²) in [6.45, 7) is 2.08. The molecule has 0 aliphatic carbocycles. The number of fused-ring (bicyclic) bond motifs is 1. The Balaban J connectivity index is 2.04. The fourth-order valence-corrected chi connectivity index (χ4v) is 2.16. The third-order valence-electron chi connectivity index (χ3n) is 3.28. The summed E-state index contributed by atoms with van der Waals surface area (Å²) in [7, 11) is 0. The highest BCUT2D eigenvalue weighted by atomic mass is 16.4. The van der Waals surface area contributed by atoms with Gasteiger partial charge < -0.3 is 15.2 Å². The van der Waals surface area contributed by atoms with Gasteiger partial charge in [-0.05, 0) is 34.1 Å². The zero-order valence-corrected chi connectivity index (χ0v) is 10.8. The average Bonchev–Trinajstić information content (AvgIpc) is 2.94. The number of hydrogen-bond donors (Lipinski definition) is 1. The number of aliphatic carboxylic acids is 1. The van der Waals surface area contributed by atoms with Crippen LogP contribution in [0.5, 0.6) is 0 Å². The van der Waals surface area contributed by atoms with Crippen LogP contribution < -0.4 is 10.4 Å². The molecule has 1 N–H and O–H groups in total. The second kappa shape index (κ2) is 4.76. The van der Waals surface area contributed by atoms with Gasteiger partial charge in [-0.1, -0.05) is 36.3 Å². The lowest BCUT2D eigenvalue weighted by atomic mass is 10.0. The maximum atomic E-state index is 11.0. The van der Waals surface area contributed by atoms with E-state index in [4.69, 9.17) is 0 Å². The third kappa shape index (κ3) is 2.03. The average molecular weight is 270 g/mol. The first-order chi connectivity index (χ1) is 9.69. The quantitative estimate of drug-likeness (QED) is 0.835. The smallest absolute Gasteiger partial charge is 0.248 e. The number of nitrogens with zero attached hydrogens (tertiary/aromatic N) is 4. The van der Waals surface area contributed by atoms with Gasteiger partial charge in [0.1, 0.15) is 6.04 Å². The minimum atomic E-state index is -1.28. The van der Waals surface area contributed by atoms with Crippen molar-refractivity contribution < 1.29 is 9.90 Å². The van der Waals surface area contributed by atoms with Crippen molar-refractivity contribution in [2.75, 3.05) is 5.32 Å². The number of nitrogens with one attached hydrogen (secondary N) is 1. The lowest BCUT2D eigenvalue weighted by Gasteiger charge is -2.23. The molecule has 102 valence electrons. The number of carbonyl (C=O) groups excluding carboxylic acids is 1. The fraction of sp³-hybridized carbons (Fsp3) is 0.231. The topological polar surface area (TPSA) is 95.8 Å². The predicted molar refractivity (Wildman–Crippen MR) is 68.5 cm³/mol. The number of aromatic nitrogens is 4. The van der Waals surface area contributed by atoms with Crippen LogP contribution in [0.1, 0.15) is 24.1 Å². The van der Waals surface area contributed by atoms with E-state index in [-0.39, 0.29) is 17.7 Å². The van der Waals surface area contributed by atoms with E-state index in [1.54, 1.807) is 6.08 Å². The van der Waals surface area contributed by atoms with Crippen molar-refractivity contribution in [2.45, 2.75) is 19.4 Å². The molecule has 0 spiro atoms. The summed E-state index contributed by atoms with van der Waals surface area (Å²) < 4.78 is 1.54. The Hall–Kier alpha value is -2.70. The highest BCUT2D eigenvalue weighted by Crippen LogP contribution is 2.27. The van der Waals surface area contributed by atoms with Gasteiger partial charge in [-0.3, -0.25) is 0 Å². The summed E-state index contributed by atoms with van der Waals surface area (Å²) in [5.41, 5.74) is 2.09. The van der Waals surface area contributed by atoms with Crippen molar-refractivity contribution in [2.24, 2.45) is 0 Å². The van der Waals surface area contributed by atoms with Crippen molar-refractivity contribution in [1.29, 1.82) is 0 Å². The molecular weight excluding hydrogens is 258 g/mol. The number of rotatable bonds is 3. The van der Waals surface area contributed by atoms with Gasteiger partial charge in [-0.25, -0.2) is 0 Å². The van der Waals surface area contributed by atoms with Crippen LogP contribution in [0.3, 0.4) is 0 Å². The van der Waals surface area contributed by atoms with Gasteiger partial charge in [-0.2, -0.15) is 4.68 Å². The zero-order valence-electron chi connectivity index (χ0n) is 10.8.